The van der Waals surface area contributed by atoms with Crippen LogP contribution in [0.5, 0.6) is 5.75 Å². The summed E-state index contributed by atoms with van der Waals surface area (Å²) in [7, 11) is 1.34. The number of hydrogen-bond acceptors (Lipinski definition) is 7. The van der Waals surface area contributed by atoms with Gasteiger partial charge in [-0.15, -0.1) is 10.2 Å². The second-order valence-electron chi connectivity index (χ2n) is 6.70. The maximum absolute atomic E-state index is 11.9. The molecule has 0 spiro atoms. The number of nitrogens with zero attached hydrogens (tertiary/aromatic N) is 4. The molecule has 10 heteroatoms. The van der Waals surface area contributed by atoms with Gasteiger partial charge >= 0.3 is 5.97 Å². The molecule has 0 aliphatic carbocycles. The van der Waals surface area contributed by atoms with Crippen molar-refractivity contribution < 1.29 is 19.1 Å². The number of pyridine rings is 1. The van der Waals surface area contributed by atoms with E-state index in [1.165, 1.54) is 7.11 Å². The summed E-state index contributed by atoms with van der Waals surface area (Å²) in [5.74, 6) is 1.09. The topological polar surface area (TPSA) is 108 Å². The molecule has 2 heterocycles. The average Bonchev–Trinajstić information content (AvgIpc) is 3.27. The third kappa shape index (κ3) is 5.66. The summed E-state index contributed by atoms with van der Waals surface area (Å²) < 4.78 is 13.4. The van der Waals surface area contributed by atoms with Crippen LogP contribution in [0.2, 0.25) is 0 Å². The largest absolute Gasteiger partial charge is 0.493 e. The molecule has 0 saturated carbocycles. The lowest BCUT2D eigenvalue weighted by Crippen LogP contribution is -2.10. The summed E-state index contributed by atoms with van der Waals surface area (Å²) in [6.07, 6.45) is 3.77. The van der Waals surface area contributed by atoms with Crippen LogP contribution in [0.3, 0.4) is 0 Å². The predicted octanol–water partition coefficient (Wildman–Crippen LogP) is 3.88. The van der Waals surface area contributed by atoms with Crippen LogP contribution < -0.4 is 10.1 Å². The van der Waals surface area contributed by atoms with Gasteiger partial charge in [0.05, 0.1) is 13.7 Å². The number of carbonyl (C=O) groups is 2. The summed E-state index contributed by atoms with van der Waals surface area (Å²) in [5, 5.41) is 10.7. The molecule has 1 amide bonds. The highest BCUT2D eigenvalue weighted by Gasteiger charge is 2.16. The van der Waals surface area contributed by atoms with Crippen molar-refractivity contribution in [2.75, 3.05) is 19.0 Å². The number of hydrogen-bond donors (Lipinski definition) is 1. The first-order chi connectivity index (χ1) is 15.0. The molecule has 1 aromatic carbocycles. The van der Waals surface area contributed by atoms with Gasteiger partial charge in [-0.2, -0.15) is 0 Å². The Kier molecular flexibility index (Phi) is 7.71. The molecule has 3 aromatic rings. The second kappa shape index (κ2) is 10.7. The van der Waals surface area contributed by atoms with E-state index in [1.54, 1.807) is 36.7 Å². The third-order valence-electron chi connectivity index (χ3n) is 4.61. The van der Waals surface area contributed by atoms with Crippen molar-refractivity contribution in [3.8, 4) is 17.3 Å². The molecule has 31 heavy (non-hydrogen) atoms. The number of rotatable bonds is 10. The molecule has 1 atom stereocenters. The zero-order chi connectivity index (χ0) is 22.2. The number of methoxy groups -OCH3 is 1. The minimum absolute atomic E-state index is 0.0840. The van der Waals surface area contributed by atoms with E-state index in [9.17, 15) is 9.59 Å². The molecule has 0 aliphatic heterocycles. The first kappa shape index (κ1) is 22.4. The van der Waals surface area contributed by atoms with Crippen LogP contribution in [0.4, 0.5) is 5.82 Å². The van der Waals surface area contributed by atoms with E-state index in [0.717, 1.165) is 17.3 Å². The maximum Gasteiger partial charge on any atom is 0.341 e. The Morgan fingerprint density at radius 2 is 2.16 bits per heavy atom. The molecule has 0 bridgehead atoms. The SMILES string of the molecule is COC(=O)c1ccc(Br)cc1OCCC[C@@H](C)n1cnnc1-c1cccc(NC=O)n1. The van der Waals surface area contributed by atoms with Crippen molar-refractivity contribution >= 4 is 34.1 Å². The number of ether oxygens (including phenoxy) is 2. The zero-order valence-electron chi connectivity index (χ0n) is 17.1. The number of amides is 1. The number of benzene rings is 1. The van der Waals surface area contributed by atoms with E-state index >= 15 is 0 Å². The van der Waals surface area contributed by atoms with Crippen molar-refractivity contribution in [1.82, 2.24) is 19.7 Å². The van der Waals surface area contributed by atoms with E-state index in [1.807, 2.05) is 10.6 Å². The quantitative estimate of drug-likeness (QED) is 0.262. The highest BCUT2D eigenvalue weighted by atomic mass is 79.9. The number of nitrogens with one attached hydrogen (secondary N) is 1. The molecule has 0 radical (unpaired) electrons. The normalized spacial score (nSPS) is 11.6. The molecule has 3 rings (SSSR count). The summed E-state index contributed by atoms with van der Waals surface area (Å²) in [4.78, 5) is 27.0. The number of carbonyl (C=O) groups excluding carboxylic acids is 2. The summed E-state index contributed by atoms with van der Waals surface area (Å²) in [5.41, 5.74) is 0.999. The van der Waals surface area contributed by atoms with Gasteiger partial charge in [0.1, 0.15) is 29.2 Å². The first-order valence-corrected chi connectivity index (χ1v) is 10.4. The molecule has 0 aliphatic rings. The predicted molar refractivity (Wildman–Crippen MR) is 118 cm³/mol. The Labute approximate surface area is 187 Å². The Hall–Kier alpha value is -3.27. The van der Waals surface area contributed by atoms with E-state index in [2.05, 4.69) is 43.4 Å². The van der Waals surface area contributed by atoms with Gasteiger partial charge in [-0.05, 0) is 50.1 Å². The summed E-state index contributed by atoms with van der Waals surface area (Å²) in [6, 6.07) is 10.6. The van der Waals surface area contributed by atoms with Crippen LogP contribution in [0.15, 0.2) is 47.2 Å². The number of aromatic nitrogens is 4. The summed E-state index contributed by atoms with van der Waals surface area (Å²) >= 11 is 3.39. The van der Waals surface area contributed by atoms with Gasteiger partial charge in [-0.25, -0.2) is 9.78 Å². The smallest absolute Gasteiger partial charge is 0.341 e. The van der Waals surface area contributed by atoms with Gasteiger partial charge < -0.3 is 19.4 Å². The van der Waals surface area contributed by atoms with Crippen molar-refractivity contribution in [2.45, 2.75) is 25.8 Å². The average molecular weight is 488 g/mol. The van der Waals surface area contributed by atoms with E-state index in [-0.39, 0.29) is 6.04 Å². The molecule has 0 fully saturated rings. The van der Waals surface area contributed by atoms with Crippen molar-refractivity contribution in [1.29, 1.82) is 0 Å². The number of halogens is 1. The van der Waals surface area contributed by atoms with Gasteiger partial charge in [0.15, 0.2) is 5.82 Å². The first-order valence-electron chi connectivity index (χ1n) is 9.61. The standard InChI is InChI=1S/C21H22BrN5O4/c1-14(5-4-10-31-18-11-15(22)8-9-16(18)21(29)30-2)27-12-24-26-20(27)17-6-3-7-19(25-17)23-13-28/h3,6-9,11-14H,4-5,10H2,1-2H3,(H,23,25,28)/t14-/m1/s1. The Morgan fingerprint density at radius 3 is 2.94 bits per heavy atom. The van der Waals surface area contributed by atoms with Crippen molar-refractivity contribution in [3.05, 3.63) is 52.8 Å². The van der Waals surface area contributed by atoms with Gasteiger partial charge in [-0.1, -0.05) is 22.0 Å². The minimum atomic E-state index is -0.441. The fourth-order valence-electron chi connectivity index (χ4n) is 3.04. The van der Waals surface area contributed by atoms with Crippen molar-refractivity contribution in [3.63, 3.8) is 0 Å². The van der Waals surface area contributed by atoms with Crippen LogP contribution in [0.25, 0.3) is 11.5 Å². The fraction of sp³-hybridized carbons (Fsp3) is 0.286. The van der Waals surface area contributed by atoms with Gasteiger partial charge in [0.25, 0.3) is 0 Å². The number of anilines is 1. The van der Waals surface area contributed by atoms with Gasteiger partial charge in [-0.3, -0.25) is 4.79 Å². The van der Waals surface area contributed by atoms with E-state index in [0.29, 0.717) is 41.7 Å². The molecule has 9 nitrogen and oxygen atoms in total. The lowest BCUT2D eigenvalue weighted by Gasteiger charge is -2.16. The van der Waals surface area contributed by atoms with E-state index < -0.39 is 5.97 Å². The molecule has 0 unspecified atom stereocenters. The maximum atomic E-state index is 11.9. The van der Waals surface area contributed by atoms with Crippen LogP contribution in [-0.2, 0) is 9.53 Å². The molecule has 0 saturated heterocycles. The molecular weight excluding hydrogens is 466 g/mol. The molecule has 162 valence electrons. The highest BCUT2D eigenvalue weighted by molar-refractivity contribution is 9.10. The van der Waals surface area contributed by atoms with Crippen LogP contribution in [-0.4, -0.2) is 45.8 Å². The van der Waals surface area contributed by atoms with Crippen LogP contribution >= 0.6 is 15.9 Å². The fourth-order valence-corrected chi connectivity index (χ4v) is 3.38. The zero-order valence-corrected chi connectivity index (χ0v) is 18.7. The molecule has 2 aromatic heterocycles. The lowest BCUT2D eigenvalue weighted by molar-refractivity contribution is -0.105. The van der Waals surface area contributed by atoms with E-state index in [4.69, 9.17) is 9.47 Å². The van der Waals surface area contributed by atoms with Crippen LogP contribution in [0, 0.1) is 0 Å². The molecular formula is C21H22BrN5O4. The Balaban J connectivity index is 1.62. The third-order valence-corrected chi connectivity index (χ3v) is 5.10. The van der Waals surface area contributed by atoms with Crippen molar-refractivity contribution in [2.24, 2.45) is 0 Å². The monoisotopic (exact) mass is 487 g/mol. The van der Waals surface area contributed by atoms with Gasteiger partial charge in [0, 0.05) is 10.5 Å². The molecule has 1 N–H and O–H groups in total. The van der Waals surface area contributed by atoms with Gasteiger partial charge in [0.2, 0.25) is 6.41 Å². The minimum Gasteiger partial charge on any atom is -0.493 e. The van der Waals surface area contributed by atoms with Crippen LogP contribution in [0.1, 0.15) is 36.2 Å². The Bertz CT molecular complexity index is 1060. The second-order valence-corrected chi connectivity index (χ2v) is 7.62. The number of esters is 1. The Morgan fingerprint density at radius 1 is 1.32 bits per heavy atom. The highest BCUT2D eigenvalue weighted by Crippen LogP contribution is 2.26. The summed E-state index contributed by atoms with van der Waals surface area (Å²) in [6.45, 7) is 2.48. The lowest BCUT2D eigenvalue weighted by atomic mass is 10.1.